The van der Waals surface area contributed by atoms with Crippen LogP contribution in [0.2, 0.25) is 0 Å². The smallest absolute Gasteiger partial charge is 0.213 e. The van der Waals surface area contributed by atoms with Crippen molar-refractivity contribution in [3.05, 3.63) is 77.9 Å². The normalized spacial score (nSPS) is 17.6. The highest BCUT2D eigenvalue weighted by Crippen LogP contribution is 2.46. The van der Waals surface area contributed by atoms with Crippen molar-refractivity contribution in [2.75, 3.05) is 12.1 Å². The molecule has 3 aromatic carbocycles. The van der Waals surface area contributed by atoms with Gasteiger partial charge in [0.05, 0.1) is 35.8 Å². The van der Waals surface area contributed by atoms with E-state index in [4.69, 9.17) is 9.84 Å². The zero-order valence-electron chi connectivity index (χ0n) is 18.8. The molecule has 0 aliphatic carbocycles. The molecule has 2 heterocycles. The first-order chi connectivity index (χ1) is 14.9. The Hall–Kier alpha value is -3.40. The van der Waals surface area contributed by atoms with Gasteiger partial charge in [0, 0.05) is 23.1 Å². The average Bonchev–Trinajstić information content (AvgIpc) is 2.99. The number of para-hydroxylation sites is 2. The molecule has 0 radical (unpaired) electrons. The molecule has 0 amide bonds. The molecule has 0 saturated heterocycles. The van der Waals surface area contributed by atoms with E-state index in [2.05, 4.69) is 98.1 Å². The van der Waals surface area contributed by atoms with Crippen LogP contribution in [0.4, 0.5) is 5.69 Å². The molecule has 0 fully saturated rings. The molecule has 4 nitrogen and oxygen atoms in total. The highest BCUT2D eigenvalue weighted by molar-refractivity contribution is 6.09. The van der Waals surface area contributed by atoms with Crippen LogP contribution in [-0.4, -0.2) is 19.4 Å². The third-order valence-electron chi connectivity index (χ3n) is 6.98. The first-order valence-corrected chi connectivity index (χ1v) is 10.7. The molecule has 0 saturated carbocycles. The second-order valence-corrected chi connectivity index (χ2v) is 8.88. The number of methoxy groups -OCH3 is 1. The maximum Gasteiger partial charge on any atom is 0.213 e. The van der Waals surface area contributed by atoms with E-state index in [1.165, 1.54) is 27.4 Å². The van der Waals surface area contributed by atoms with Gasteiger partial charge in [0.15, 0.2) is 0 Å². The maximum atomic E-state index is 5.48. The number of rotatable bonds is 3. The third kappa shape index (κ3) is 2.89. The third-order valence-corrected chi connectivity index (χ3v) is 6.98. The fourth-order valence-corrected chi connectivity index (χ4v) is 4.78. The Morgan fingerprint density at radius 3 is 2.19 bits per heavy atom. The monoisotopic (exact) mass is 410 g/mol. The molecular weight excluding hydrogens is 382 g/mol. The first kappa shape index (κ1) is 19.6. The van der Waals surface area contributed by atoms with Crippen molar-refractivity contribution in [2.45, 2.75) is 32.2 Å². The molecule has 0 N–H and O–H groups in total. The van der Waals surface area contributed by atoms with Crippen LogP contribution < -0.4 is 14.3 Å². The number of nitrogens with zero attached hydrogens (tertiary/aromatic N) is 3. The summed E-state index contributed by atoms with van der Waals surface area (Å²) < 4.78 is 7.74. The lowest BCUT2D eigenvalue weighted by molar-refractivity contribution is -0.617. The molecule has 156 valence electrons. The lowest BCUT2D eigenvalue weighted by Crippen LogP contribution is -2.36. The summed E-state index contributed by atoms with van der Waals surface area (Å²) in [5.41, 5.74) is 5.92. The number of benzene rings is 3. The minimum atomic E-state index is -0.0333. The highest BCUT2D eigenvalue weighted by Gasteiger charge is 2.42. The molecule has 31 heavy (non-hydrogen) atoms. The van der Waals surface area contributed by atoms with Crippen LogP contribution in [0.3, 0.4) is 0 Å². The van der Waals surface area contributed by atoms with Crippen molar-refractivity contribution in [1.82, 2.24) is 0 Å². The lowest BCUT2D eigenvalue weighted by atomic mass is 9.81. The average molecular weight is 411 g/mol. The minimum absolute atomic E-state index is 0.0333. The summed E-state index contributed by atoms with van der Waals surface area (Å²) in [5.74, 6) is 0.886. The van der Waals surface area contributed by atoms with Crippen LogP contribution in [-0.2, 0) is 12.5 Å². The molecule has 1 unspecified atom stereocenters. The Morgan fingerprint density at radius 1 is 0.968 bits per heavy atom. The van der Waals surface area contributed by atoms with Gasteiger partial charge < -0.3 is 4.74 Å². The number of anilines is 1. The second-order valence-electron chi connectivity index (χ2n) is 8.88. The number of fused-ring (bicyclic) bond motifs is 3. The molecule has 1 atom stereocenters. The summed E-state index contributed by atoms with van der Waals surface area (Å²) in [6, 6.07) is 23.6. The van der Waals surface area contributed by atoms with Crippen molar-refractivity contribution in [3.63, 3.8) is 0 Å². The summed E-state index contributed by atoms with van der Waals surface area (Å²) >= 11 is 0. The number of hydrogen-bond acceptors (Lipinski definition) is 3. The highest BCUT2D eigenvalue weighted by atomic mass is 16.5. The Morgan fingerprint density at radius 2 is 1.58 bits per heavy atom. The van der Waals surface area contributed by atoms with Gasteiger partial charge in [0.25, 0.3) is 0 Å². The fourth-order valence-electron chi connectivity index (χ4n) is 4.78. The van der Waals surface area contributed by atoms with Crippen molar-refractivity contribution in [2.24, 2.45) is 12.1 Å². The van der Waals surface area contributed by atoms with E-state index >= 15 is 0 Å². The number of aromatic nitrogens is 1. The maximum absolute atomic E-state index is 5.48. The molecule has 1 aromatic heterocycles. The number of hydrogen-bond donors (Lipinski definition) is 0. The molecular formula is C27H28N3O+. The molecule has 0 bridgehead atoms. The zero-order chi connectivity index (χ0) is 21.8. The van der Waals surface area contributed by atoms with Crippen LogP contribution in [0.25, 0.3) is 21.8 Å². The number of hydrazone groups is 1. The van der Waals surface area contributed by atoms with Gasteiger partial charge in [-0.25, -0.2) is 0 Å². The second kappa shape index (κ2) is 7.09. The van der Waals surface area contributed by atoms with E-state index < -0.39 is 0 Å². The first-order valence-electron chi connectivity index (χ1n) is 10.7. The van der Waals surface area contributed by atoms with Gasteiger partial charge in [-0.15, -0.1) is 0 Å². The van der Waals surface area contributed by atoms with Gasteiger partial charge >= 0.3 is 0 Å². The predicted molar refractivity (Wildman–Crippen MR) is 128 cm³/mol. The van der Waals surface area contributed by atoms with Crippen molar-refractivity contribution < 1.29 is 9.30 Å². The van der Waals surface area contributed by atoms with Gasteiger partial charge in [-0.05, 0) is 42.8 Å². The van der Waals surface area contributed by atoms with Gasteiger partial charge in [-0.3, -0.25) is 5.01 Å². The summed E-state index contributed by atoms with van der Waals surface area (Å²) in [6.45, 7) is 6.79. The zero-order valence-corrected chi connectivity index (χ0v) is 18.8. The van der Waals surface area contributed by atoms with E-state index in [1.807, 2.05) is 12.3 Å². The summed E-state index contributed by atoms with van der Waals surface area (Å²) in [5, 5.41) is 9.62. The lowest BCUT2D eigenvalue weighted by Gasteiger charge is -2.28. The Bertz CT molecular complexity index is 1280. The quantitative estimate of drug-likeness (QED) is 0.259. The number of aryl methyl sites for hydroxylation is 1. The Labute approximate surface area is 183 Å². The van der Waals surface area contributed by atoms with Crippen molar-refractivity contribution in [3.8, 4) is 5.75 Å². The molecule has 1 aliphatic heterocycles. The SMILES string of the molecule is COc1ccc2c(c1)C(C)(C)C(C)N2N=Cc1c2ccccc2[n+](C)c2ccccc12. The standard InChI is InChI=1S/C27H28N3O/c1-18-27(2,3)23-16-19(31-5)14-15-26(23)30(18)28-17-22-20-10-6-8-12-24(20)29(4)25-13-9-7-11-21(22)25/h6-18H,1-5H3/q+1. The molecule has 5 rings (SSSR count). The van der Waals surface area contributed by atoms with E-state index in [0.29, 0.717) is 0 Å². The summed E-state index contributed by atoms with van der Waals surface area (Å²) in [4.78, 5) is 0. The van der Waals surface area contributed by atoms with Crippen LogP contribution in [0.1, 0.15) is 31.9 Å². The van der Waals surface area contributed by atoms with Crippen LogP contribution in [0, 0.1) is 0 Å². The number of ether oxygens (including phenoxy) is 1. The van der Waals surface area contributed by atoms with Crippen molar-refractivity contribution >= 4 is 33.7 Å². The predicted octanol–water partition coefficient (Wildman–Crippen LogP) is 5.35. The van der Waals surface area contributed by atoms with E-state index in [1.54, 1.807) is 7.11 Å². The van der Waals surface area contributed by atoms with E-state index in [-0.39, 0.29) is 11.5 Å². The van der Waals surface area contributed by atoms with Gasteiger partial charge in [-0.2, -0.15) is 9.67 Å². The topological polar surface area (TPSA) is 28.7 Å². The Kier molecular flexibility index (Phi) is 4.47. The van der Waals surface area contributed by atoms with Crippen molar-refractivity contribution in [1.29, 1.82) is 0 Å². The minimum Gasteiger partial charge on any atom is -0.497 e. The van der Waals surface area contributed by atoms with Crippen LogP contribution >= 0.6 is 0 Å². The molecule has 0 spiro atoms. The van der Waals surface area contributed by atoms with E-state index in [0.717, 1.165) is 17.0 Å². The largest absolute Gasteiger partial charge is 0.497 e. The fraction of sp³-hybridized carbons (Fsp3) is 0.259. The van der Waals surface area contributed by atoms with E-state index in [9.17, 15) is 0 Å². The molecule has 4 heteroatoms. The molecule has 4 aromatic rings. The summed E-state index contributed by atoms with van der Waals surface area (Å²) in [6.07, 6.45) is 2.04. The Balaban J connectivity index is 1.69. The molecule has 1 aliphatic rings. The van der Waals surface area contributed by atoms with Crippen LogP contribution in [0.15, 0.2) is 71.8 Å². The van der Waals surface area contributed by atoms with Gasteiger partial charge in [0.1, 0.15) is 12.8 Å². The number of pyridine rings is 1. The van der Waals surface area contributed by atoms with Gasteiger partial charge in [0.2, 0.25) is 11.0 Å². The van der Waals surface area contributed by atoms with Crippen LogP contribution in [0.5, 0.6) is 5.75 Å². The summed E-state index contributed by atoms with van der Waals surface area (Å²) in [7, 11) is 3.84. The van der Waals surface area contributed by atoms with Gasteiger partial charge in [-0.1, -0.05) is 38.1 Å².